The standard InChI is InChI=1S/C31H38N4O8/c1-6-41-26(36)15-14-25(29(39)42-7-2)34-27(37)21-9-11-22(12-10-21)32-17-20-8-13-24-23(16-20)28(38)35(18-33-24)19-43-30(40)31(3,4)5/h8-13,16,18,25,32H,6-7,14-15,17,19H2,1-5H3,(H,34,37)/t25-/m0/s1. The van der Waals surface area contributed by atoms with Crippen LogP contribution < -0.4 is 16.2 Å². The van der Waals surface area contributed by atoms with Gasteiger partial charge < -0.3 is 24.8 Å². The molecule has 0 bridgehead atoms. The van der Waals surface area contributed by atoms with Gasteiger partial charge in [-0.1, -0.05) is 6.07 Å². The zero-order valence-corrected chi connectivity index (χ0v) is 25.1. The minimum absolute atomic E-state index is 0.0379. The van der Waals surface area contributed by atoms with Crippen LogP contribution in [0.1, 0.15) is 63.4 Å². The summed E-state index contributed by atoms with van der Waals surface area (Å²) in [6, 6.07) is 11.0. The first-order valence-corrected chi connectivity index (χ1v) is 14.0. The fraction of sp³-hybridized carbons (Fsp3) is 0.419. The summed E-state index contributed by atoms with van der Waals surface area (Å²) in [5.41, 5.74) is 1.36. The summed E-state index contributed by atoms with van der Waals surface area (Å²) in [6.07, 6.45) is 1.37. The third-order valence-corrected chi connectivity index (χ3v) is 6.30. The summed E-state index contributed by atoms with van der Waals surface area (Å²) < 4.78 is 16.4. The Morgan fingerprint density at radius 2 is 1.65 bits per heavy atom. The number of carbonyl (C=O) groups excluding carboxylic acids is 4. The number of hydrogen-bond donors (Lipinski definition) is 2. The van der Waals surface area contributed by atoms with Crippen LogP contribution >= 0.6 is 0 Å². The molecule has 0 saturated heterocycles. The lowest BCUT2D eigenvalue weighted by atomic mass is 9.98. The highest BCUT2D eigenvalue weighted by molar-refractivity contribution is 5.97. The molecule has 3 aromatic rings. The van der Waals surface area contributed by atoms with Gasteiger partial charge in [0.25, 0.3) is 11.5 Å². The molecule has 12 nitrogen and oxygen atoms in total. The molecule has 0 aliphatic rings. The van der Waals surface area contributed by atoms with Gasteiger partial charge in [0.1, 0.15) is 12.4 Å². The molecular formula is C31H38N4O8. The average molecular weight is 595 g/mol. The fourth-order valence-corrected chi connectivity index (χ4v) is 3.93. The normalized spacial score (nSPS) is 11.8. The van der Waals surface area contributed by atoms with E-state index in [1.807, 2.05) is 6.07 Å². The Bertz CT molecular complexity index is 1510. The zero-order chi connectivity index (χ0) is 31.6. The number of nitrogens with zero attached hydrogens (tertiary/aromatic N) is 2. The third-order valence-electron chi connectivity index (χ3n) is 6.30. The van der Waals surface area contributed by atoms with Crippen LogP contribution in [-0.4, -0.2) is 52.6 Å². The van der Waals surface area contributed by atoms with Crippen molar-refractivity contribution in [1.29, 1.82) is 0 Å². The molecule has 3 rings (SSSR count). The van der Waals surface area contributed by atoms with Gasteiger partial charge in [-0.2, -0.15) is 0 Å². The number of carbonyl (C=O) groups is 4. The summed E-state index contributed by atoms with van der Waals surface area (Å²) in [5.74, 6) is -1.99. The monoisotopic (exact) mass is 594 g/mol. The molecular weight excluding hydrogens is 556 g/mol. The lowest BCUT2D eigenvalue weighted by molar-refractivity contribution is -0.157. The number of benzene rings is 2. The molecule has 0 aliphatic heterocycles. The van der Waals surface area contributed by atoms with Crippen LogP contribution in [0.25, 0.3) is 10.9 Å². The first-order chi connectivity index (χ1) is 20.4. The van der Waals surface area contributed by atoms with Crippen LogP contribution in [0.2, 0.25) is 0 Å². The molecule has 1 aromatic heterocycles. The van der Waals surface area contributed by atoms with Crippen molar-refractivity contribution in [3.63, 3.8) is 0 Å². The van der Waals surface area contributed by atoms with E-state index >= 15 is 0 Å². The number of aromatic nitrogens is 2. The van der Waals surface area contributed by atoms with Crippen molar-refractivity contribution in [2.45, 2.75) is 66.8 Å². The lowest BCUT2D eigenvalue weighted by Gasteiger charge is -2.17. The van der Waals surface area contributed by atoms with Crippen LogP contribution in [0.15, 0.2) is 53.6 Å². The van der Waals surface area contributed by atoms with Gasteiger partial charge in [0.05, 0.1) is 29.5 Å². The van der Waals surface area contributed by atoms with E-state index in [4.69, 9.17) is 14.2 Å². The second-order valence-corrected chi connectivity index (χ2v) is 10.7. The van der Waals surface area contributed by atoms with E-state index in [0.717, 1.165) is 11.3 Å². The van der Waals surface area contributed by atoms with Gasteiger partial charge in [0.2, 0.25) is 0 Å². The Balaban J connectivity index is 1.63. The van der Waals surface area contributed by atoms with Crippen LogP contribution in [0.3, 0.4) is 0 Å². The Morgan fingerprint density at radius 1 is 0.953 bits per heavy atom. The predicted octanol–water partition coefficient (Wildman–Crippen LogP) is 3.56. The second-order valence-electron chi connectivity index (χ2n) is 10.7. The molecule has 230 valence electrons. The van der Waals surface area contributed by atoms with Crippen LogP contribution in [-0.2, 0) is 41.9 Å². The van der Waals surface area contributed by atoms with Gasteiger partial charge in [-0.3, -0.25) is 23.7 Å². The molecule has 0 fully saturated rings. The molecule has 43 heavy (non-hydrogen) atoms. The summed E-state index contributed by atoms with van der Waals surface area (Å²) in [7, 11) is 0. The summed E-state index contributed by atoms with van der Waals surface area (Å²) in [4.78, 5) is 66.3. The molecule has 0 unspecified atom stereocenters. The molecule has 12 heteroatoms. The summed E-state index contributed by atoms with van der Waals surface area (Å²) >= 11 is 0. The maximum absolute atomic E-state index is 13.0. The molecule has 1 heterocycles. The van der Waals surface area contributed by atoms with Crippen molar-refractivity contribution in [3.8, 4) is 0 Å². The number of fused-ring (bicyclic) bond motifs is 1. The average Bonchev–Trinajstić information content (AvgIpc) is 2.97. The molecule has 1 atom stereocenters. The van der Waals surface area contributed by atoms with Crippen molar-refractivity contribution in [2.75, 3.05) is 18.5 Å². The minimum Gasteiger partial charge on any atom is -0.466 e. The van der Waals surface area contributed by atoms with Crippen LogP contribution in [0.5, 0.6) is 0 Å². The van der Waals surface area contributed by atoms with Gasteiger partial charge in [0.15, 0.2) is 6.73 Å². The Kier molecular flexibility index (Phi) is 11.4. The topological polar surface area (TPSA) is 155 Å². The third kappa shape index (κ3) is 9.38. The van der Waals surface area contributed by atoms with Gasteiger partial charge in [-0.05, 0) is 83.0 Å². The lowest BCUT2D eigenvalue weighted by Crippen LogP contribution is -2.42. The first-order valence-electron chi connectivity index (χ1n) is 14.0. The summed E-state index contributed by atoms with van der Waals surface area (Å²) in [6.45, 7) is 9.06. The minimum atomic E-state index is -0.993. The zero-order valence-electron chi connectivity index (χ0n) is 25.1. The van der Waals surface area contributed by atoms with Crippen LogP contribution in [0.4, 0.5) is 5.69 Å². The maximum atomic E-state index is 13.0. The molecule has 0 spiro atoms. The van der Waals surface area contributed by atoms with Gasteiger partial charge in [0, 0.05) is 24.2 Å². The molecule has 1 amide bonds. The van der Waals surface area contributed by atoms with Gasteiger partial charge in [-0.15, -0.1) is 0 Å². The highest BCUT2D eigenvalue weighted by Crippen LogP contribution is 2.17. The van der Waals surface area contributed by atoms with Crippen LogP contribution in [0, 0.1) is 5.41 Å². The number of amides is 1. The maximum Gasteiger partial charge on any atom is 0.328 e. The van der Waals surface area contributed by atoms with Crippen molar-refractivity contribution in [1.82, 2.24) is 14.9 Å². The Hall–Kier alpha value is -4.74. The van der Waals surface area contributed by atoms with E-state index in [9.17, 15) is 24.0 Å². The number of esters is 3. The molecule has 0 aliphatic carbocycles. The number of hydrogen-bond acceptors (Lipinski definition) is 10. The number of anilines is 1. The van der Waals surface area contributed by atoms with Crippen molar-refractivity contribution >= 4 is 40.4 Å². The van der Waals surface area contributed by atoms with Gasteiger partial charge >= 0.3 is 17.9 Å². The molecule has 2 aromatic carbocycles. The van der Waals surface area contributed by atoms with E-state index in [-0.39, 0.29) is 38.3 Å². The number of ether oxygens (including phenoxy) is 3. The van der Waals surface area contributed by atoms with E-state index in [1.54, 1.807) is 71.0 Å². The van der Waals surface area contributed by atoms with Crippen molar-refractivity contribution in [2.24, 2.45) is 5.41 Å². The quantitative estimate of drug-likeness (QED) is 0.222. The van der Waals surface area contributed by atoms with Crippen molar-refractivity contribution < 1.29 is 33.4 Å². The SMILES string of the molecule is CCOC(=O)CC[C@H](NC(=O)c1ccc(NCc2ccc3ncn(COC(=O)C(C)(C)C)c(=O)c3c2)cc1)C(=O)OCC. The second kappa shape index (κ2) is 14.9. The van der Waals surface area contributed by atoms with E-state index in [1.165, 1.54) is 10.9 Å². The highest BCUT2D eigenvalue weighted by atomic mass is 16.5. The van der Waals surface area contributed by atoms with E-state index in [2.05, 4.69) is 15.6 Å². The first kappa shape index (κ1) is 32.8. The number of rotatable bonds is 13. The number of nitrogens with one attached hydrogen (secondary N) is 2. The smallest absolute Gasteiger partial charge is 0.328 e. The molecule has 0 radical (unpaired) electrons. The largest absolute Gasteiger partial charge is 0.466 e. The Morgan fingerprint density at radius 3 is 2.30 bits per heavy atom. The predicted molar refractivity (Wildman–Crippen MR) is 159 cm³/mol. The molecule has 2 N–H and O–H groups in total. The Labute approximate surface area is 249 Å². The van der Waals surface area contributed by atoms with Gasteiger partial charge in [-0.25, -0.2) is 9.78 Å². The molecule has 0 saturated carbocycles. The van der Waals surface area contributed by atoms with E-state index in [0.29, 0.717) is 23.0 Å². The highest BCUT2D eigenvalue weighted by Gasteiger charge is 2.24. The van der Waals surface area contributed by atoms with Crippen molar-refractivity contribution in [3.05, 3.63) is 70.3 Å². The summed E-state index contributed by atoms with van der Waals surface area (Å²) in [5, 5.41) is 6.27. The van der Waals surface area contributed by atoms with E-state index < -0.39 is 35.3 Å². The fourth-order valence-electron chi connectivity index (χ4n) is 3.93.